The van der Waals surface area contributed by atoms with E-state index in [2.05, 4.69) is 14.8 Å². The normalized spacial score (nSPS) is 14.4. The second-order valence-corrected chi connectivity index (χ2v) is 12.9. The first-order valence-electron chi connectivity index (χ1n) is 17.6. The molecule has 21 heteroatoms. The number of halogens is 18. The molecule has 0 heterocycles. The van der Waals surface area contributed by atoms with Crippen LogP contribution in [0.2, 0.25) is 0 Å². The fraction of sp³-hybridized carbons (Fsp3) is 1.00. The van der Waals surface area contributed by atoms with Crippen molar-refractivity contribution < 1.29 is 88.5 Å². The zero-order valence-corrected chi connectivity index (χ0v) is 29.1. The van der Waals surface area contributed by atoms with E-state index in [4.69, 9.17) is 0 Å². The Morgan fingerprint density at radius 3 is 0.604 bits per heavy atom. The van der Waals surface area contributed by atoms with Gasteiger partial charge >= 0.3 is 48.3 Å². The van der Waals surface area contributed by atoms with Crippen molar-refractivity contribution in [3.8, 4) is 0 Å². The zero-order valence-electron chi connectivity index (χ0n) is 29.1. The molecule has 0 aliphatic carbocycles. The van der Waals surface area contributed by atoms with Crippen LogP contribution in [0.1, 0.15) is 128 Å². The van der Waals surface area contributed by atoms with E-state index in [-0.39, 0.29) is 25.7 Å². The lowest BCUT2D eigenvalue weighted by atomic mass is 10.0. The molecular weight excluding hydrogens is 772 g/mol. The van der Waals surface area contributed by atoms with Gasteiger partial charge in [0.15, 0.2) is 0 Å². The third-order valence-electron chi connectivity index (χ3n) is 8.53. The number of hydrogen-bond donors (Lipinski definition) is 1. The predicted octanol–water partition coefficient (Wildman–Crippen LogP) is 13.3. The van der Waals surface area contributed by atoms with Crippen LogP contribution in [0.25, 0.3) is 0 Å². The summed E-state index contributed by atoms with van der Waals surface area (Å²) in [5, 5.41) is 3.33. The summed E-state index contributed by atoms with van der Waals surface area (Å²) in [7, 11) is 0. The van der Waals surface area contributed by atoms with E-state index in [1.807, 2.05) is 0 Å². The molecule has 0 aromatic carbocycles. The summed E-state index contributed by atoms with van der Waals surface area (Å²) in [6.07, 6.45) is -27.8. The third kappa shape index (κ3) is 16.7. The van der Waals surface area contributed by atoms with Crippen LogP contribution in [0, 0.1) is 0 Å². The average Bonchev–Trinajstić information content (AvgIpc) is 2.96. The first-order valence-corrected chi connectivity index (χ1v) is 17.6. The van der Waals surface area contributed by atoms with Crippen LogP contribution < -0.4 is 5.32 Å². The largest absolute Gasteiger partial charge is 0.435 e. The summed E-state index contributed by atoms with van der Waals surface area (Å²) >= 11 is 0. The maximum atomic E-state index is 12.8. The molecule has 0 aromatic rings. The number of alkyl halides is 18. The van der Waals surface area contributed by atoms with Gasteiger partial charge in [0.1, 0.15) is 0 Å². The van der Waals surface area contributed by atoms with E-state index in [9.17, 15) is 79.0 Å². The predicted molar refractivity (Wildman–Crippen MR) is 159 cm³/mol. The van der Waals surface area contributed by atoms with Crippen LogP contribution in [0.15, 0.2) is 0 Å². The highest BCUT2D eigenvalue weighted by atomic mass is 19.4. The summed E-state index contributed by atoms with van der Waals surface area (Å²) in [5.74, 6) is 0. The van der Waals surface area contributed by atoms with Crippen molar-refractivity contribution in [2.45, 2.75) is 177 Å². The Morgan fingerprint density at radius 1 is 0.245 bits per heavy atom. The van der Waals surface area contributed by atoms with E-state index in [1.54, 1.807) is 0 Å². The number of unbranched alkanes of at least 4 members (excludes halogenated alkanes) is 18. The van der Waals surface area contributed by atoms with Crippen LogP contribution >= 0.6 is 0 Å². The molecule has 0 fully saturated rings. The maximum absolute atomic E-state index is 12.8. The Labute approximate surface area is 297 Å². The molecule has 0 radical (unpaired) electrons. The molecule has 320 valence electrons. The molecule has 0 aliphatic rings. The van der Waals surface area contributed by atoms with E-state index >= 15 is 0 Å². The topological polar surface area (TPSA) is 30.5 Å². The average molecular weight is 822 g/mol. The Hall–Kier alpha value is -1.38. The van der Waals surface area contributed by atoms with E-state index in [0.29, 0.717) is 25.7 Å². The molecule has 0 amide bonds. The van der Waals surface area contributed by atoms with Crippen molar-refractivity contribution >= 4 is 0 Å². The molecule has 0 aromatic heterocycles. The Kier molecular flexibility index (Phi) is 22.4. The fourth-order valence-electron chi connectivity index (χ4n) is 5.56. The molecule has 0 atom stereocenters. The molecule has 0 spiro atoms. The standard InChI is InChI=1S/C32H49F18NO2/c33-27(34,35)25(28(36,37)38,29(39,40)41)52-23-19-15-11-7-3-1-5-9-13-17-21-51-22-18-14-10-6-2-4-8-12-16-20-24-53-26(30(42,43)44,31(45,46)47)32(48,49)50/h51H,1-24H2. The first-order chi connectivity index (χ1) is 24.2. The van der Waals surface area contributed by atoms with Crippen LogP contribution in [0.4, 0.5) is 79.0 Å². The van der Waals surface area contributed by atoms with Crippen molar-refractivity contribution in [3.63, 3.8) is 0 Å². The molecule has 0 aliphatic heterocycles. The molecule has 0 unspecified atom stereocenters. The Balaban J connectivity index is 3.73. The van der Waals surface area contributed by atoms with Crippen molar-refractivity contribution in [1.82, 2.24) is 5.32 Å². The van der Waals surface area contributed by atoms with Crippen molar-refractivity contribution in [1.29, 1.82) is 0 Å². The summed E-state index contributed by atoms with van der Waals surface area (Å²) in [6, 6.07) is 0. The van der Waals surface area contributed by atoms with Crippen LogP contribution in [-0.2, 0) is 9.47 Å². The number of hydrogen-bond acceptors (Lipinski definition) is 3. The van der Waals surface area contributed by atoms with Crippen LogP contribution in [-0.4, -0.2) is 74.6 Å². The monoisotopic (exact) mass is 821 g/mol. The van der Waals surface area contributed by atoms with E-state index in [0.717, 1.165) is 90.1 Å². The highest BCUT2D eigenvalue weighted by molar-refractivity contribution is 5.03. The van der Waals surface area contributed by atoms with Gasteiger partial charge in [-0.25, -0.2) is 0 Å². The van der Waals surface area contributed by atoms with Gasteiger partial charge in [0, 0.05) is 13.2 Å². The van der Waals surface area contributed by atoms with Gasteiger partial charge < -0.3 is 14.8 Å². The quantitative estimate of drug-likeness (QED) is 0.0630. The Morgan fingerprint density at radius 2 is 0.415 bits per heavy atom. The van der Waals surface area contributed by atoms with E-state index < -0.39 is 61.5 Å². The molecule has 1 N–H and O–H groups in total. The summed E-state index contributed by atoms with van der Waals surface area (Å²) in [5.41, 5.74) is -12.4. The summed E-state index contributed by atoms with van der Waals surface area (Å²) < 4.78 is 237. The molecule has 0 bridgehead atoms. The fourth-order valence-corrected chi connectivity index (χ4v) is 5.56. The smallest absolute Gasteiger partial charge is 0.351 e. The van der Waals surface area contributed by atoms with Gasteiger partial charge in [0.25, 0.3) is 0 Å². The first kappa shape index (κ1) is 51.6. The lowest BCUT2D eigenvalue weighted by Crippen LogP contribution is -2.67. The minimum Gasteiger partial charge on any atom is -0.351 e. The highest BCUT2D eigenvalue weighted by Crippen LogP contribution is 2.56. The molecule has 0 rings (SSSR count). The van der Waals surface area contributed by atoms with Crippen molar-refractivity contribution in [3.05, 3.63) is 0 Å². The van der Waals surface area contributed by atoms with Gasteiger partial charge in [-0.05, 0) is 38.8 Å². The maximum Gasteiger partial charge on any atom is 0.435 e. The SMILES string of the molecule is FC(F)(F)C(OCCCCCCCCCCCCNCCCCCCCCCCCCOC(C(F)(F)F)(C(F)(F)F)C(F)(F)F)(C(F)(F)F)C(F)(F)F. The zero-order chi connectivity index (χ0) is 41.1. The molecule has 53 heavy (non-hydrogen) atoms. The summed E-state index contributed by atoms with van der Waals surface area (Å²) in [6.45, 7) is -1.03. The van der Waals surface area contributed by atoms with Gasteiger partial charge in [-0.15, -0.1) is 0 Å². The molecule has 3 nitrogen and oxygen atoms in total. The third-order valence-corrected chi connectivity index (χ3v) is 8.53. The lowest BCUT2D eigenvalue weighted by molar-refractivity contribution is -0.458. The Bertz CT molecular complexity index is 794. The lowest BCUT2D eigenvalue weighted by Gasteiger charge is -2.38. The van der Waals surface area contributed by atoms with E-state index in [1.165, 1.54) is 0 Å². The van der Waals surface area contributed by atoms with Gasteiger partial charge in [-0.3, -0.25) is 0 Å². The van der Waals surface area contributed by atoms with Crippen LogP contribution in [0.3, 0.4) is 0 Å². The van der Waals surface area contributed by atoms with Gasteiger partial charge in [0.2, 0.25) is 0 Å². The minimum atomic E-state index is -6.72. The molecule has 0 saturated carbocycles. The van der Waals surface area contributed by atoms with Gasteiger partial charge in [-0.1, -0.05) is 103 Å². The highest BCUT2D eigenvalue weighted by Gasteiger charge is 2.86. The minimum absolute atomic E-state index is 0.121. The second kappa shape index (κ2) is 23.0. The molecule has 0 saturated heterocycles. The van der Waals surface area contributed by atoms with Crippen molar-refractivity contribution in [2.75, 3.05) is 26.3 Å². The van der Waals surface area contributed by atoms with Gasteiger partial charge in [-0.2, -0.15) is 79.0 Å². The summed E-state index contributed by atoms with van der Waals surface area (Å²) in [4.78, 5) is 0. The number of ether oxygens (including phenoxy) is 2. The van der Waals surface area contributed by atoms with Gasteiger partial charge in [0.05, 0.1) is 0 Å². The molecular formula is C32H49F18NO2. The number of rotatable bonds is 28. The second-order valence-electron chi connectivity index (χ2n) is 12.9. The van der Waals surface area contributed by atoms with Crippen molar-refractivity contribution in [2.24, 2.45) is 0 Å². The number of nitrogens with one attached hydrogen (secondary N) is 1. The van der Waals surface area contributed by atoms with Crippen LogP contribution in [0.5, 0.6) is 0 Å².